The minimum Gasteiger partial charge on any atom is -0.311 e. The molecule has 0 spiro atoms. The van der Waals surface area contributed by atoms with Crippen molar-refractivity contribution in [3.8, 4) is 0 Å². The maximum Gasteiger partial charge on any atom is 0.252 e. The van der Waals surface area contributed by atoms with Crippen LogP contribution in [-0.4, -0.2) is 19.7 Å². The zero-order valence-electron chi connectivity index (χ0n) is 8.29. The lowest BCUT2D eigenvalue weighted by Crippen LogP contribution is -2.02. The van der Waals surface area contributed by atoms with Gasteiger partial charge in [0.15, 0.2) is 16.8 Å². The number of hydrogen-bond donors (Lipinski definition) is 0. The third kappa shape index (κ3) is 2.09. The van der Waals surface area contributed by atoms with Crippen LogP contribution >= 0.6 is 11.8 Å². The Morgan fingerprint density at radius 3 is 2.18 bits per heavy atom. The van der Waals surface area contributed by atoms with Crippen molar-refractivity contribution in [3.63, 3.8) is 0 Å². The topological polar surface area (TPSA) is 43.6 Å². The average molecular weight is 264 g/mol. The molecule has 0 radical (unpaired) electrons. The van der Waals surface area contributed by atoms with Crippen LogP contribution in [0.2, 0.25) is 0 Å². The number of rotatable bonds is 2. The van der Waals surface area contributed by atoms with Gasteiger partial charge in [-0.2, -0.15) is 13.8 Å². The van der Waals surface area contributed by atoms with Gasteiger partial charge in [-0.25, -0.2) is 8.78 Å². The normalized spacial score (nSPS) is 10.9. The number of aryl methyl sites for hydroxylation is 1. The van der Waals surface area contributed by atoms with Gasteiger partial charge in [-0.3, -0.25) is 0 Å². The highest BCUT2D eigenvalue weighted by atomic mass is 32.2. The molecular weight excluding hydrogens is 260 g/mol. The number of aromatic nitrogens is 4. The first-order valence-electron chi connectivity index (χ1n) is 4.22. The summed E-state index contributed by atoms with van der Waals surface area (Å²) in [4.78, 5) is 1.60. The third-order valence-corrected chi connectivity index (χ3v) is 2.94. The van der Waals surface area contributed by atoms with Crippen molar-refractivity contribution in [1.29, 1.82) is 0 Å². The number of nitrogens with zero attached hydrogens (tertiary/aromatic N) is 4. The summed E-state index contributed by atoms with van der Waals surface area (Å²) in [6, 6.07) is 0. The predicted molar refractivity (Wildman–Crippen MR) is 49.2 cm³/mol. The van der Waals surface area contributed by atoms with Crippen molar-refractivity contribution >= 4 is 11.8 Å². The van der Waals surface area contributed by atoms with E-state index in [4.69, 9.17) is 0 Å². The van der Waals surface area contributed by atoms with Crippen LogP contribution in [0, 0.1) is 23.5 Å². The van der Waals surface area contributed by atoms with Crippen LogP contribution in [0.1, 0.15) is 0 Å². The lowest BCUT2D eigenvalue weighted by molar-refractivity contribution is 0.383. The van der Waals surface area contributed by atoms with Crippen molar-refractivity contribution < 1.29 is 17.6 Å². The molecule has 0 aliphatic carbocycles. The molecular formula is C8H4F4N4S. The number of halogens is 4. The summed E-state index contributed by atoms with van der Waals surface area (Å²) in [5, 5.41) is 7.09. The molecule has 17 heavy (non-hydrogen) atoms. The smallest absolute Gasteiger partial charge is 0.252 e. The van der Waals surface area contributed by atoms with E-state index >= 15 is 0 Å². The number of hydrogen-bond acceptors (Lipinski definition) is 4. The summed E-state index contributed by atoms with van der Waals surface area (Å²) in [7, 11) is 1.52. The van der Waals surface area contributed by atoms with Crippen LogP contribution < -0.4 is 0 Å². The van der Waals surface area contributed by atoms with E-state index < -0.39 is 28.4 Å². The maximum atomic E-state index is 13.2. The molecule has 0 atom stereocenters. The molecule has 0 N–H and O–H groups in total. The minimum absolute atomic E-state index is 0.0906. The molecule has 4 nitrogen and oxygen atoms in total. The summed E-state index contributed by atoms with van der Waals surface area (Å²) in [6.45, 7) is 0. The molecule has 0 aromatic carbocycles. The van der Waals surface area contributed by atoms with E-state index in [9.17, 15) is 17.6 Å². The van der Waals surface area contributed by atoms with Crippen LogP contribution in [0.5, 0.6) is 0 Å². The van der Waals surface area contributed by atoms with Crippen LogP contribution in [0.25, 0.3) is 0 Å². The Labute approximate surface area is 96.7 Å². The van der Waals surface area contributed by atoms with Crippen molar-refractivity contribution in [1.82, 2.24) is 19.7 Å². The van der Waals surface area contributed by atoms with E-state index in [1.165, 1.54) is 17.9 Å². The van der Waals surface area contributed by atoms with Gasteiger partial charge in [0, 0.05) is 7.05 Å². The first-order valence-corrected chi connectivity index (χ1v) is 5.04. The van der Waals surface area contributed by atoms with Gasteiger partial charge in [-0.05, 0) is 11.8 Å². The largest absolute Gasteiger partial charge is 0.311 e. The fourth-order valence-corrected chi connectivity index (χ4v) is 1.82. The Morgan fingerprint density at radius 2 is 1.71 bits per heavy atom. The first kappa shape index (κ1) is 11.8. The summed E-state index contributed by atoms with van der Waals surface area (Å²) >= 11 is 0.422. The van der Waals surface area contributed by atoms with Crippen LogP contribution in [0.3, 0.4) is 0 Å². The van der Waals surface area contributed by atoms with E-state index in [1.54, 1.807) is 0 Å². The maximum absolute atomic E-state index is 13.2. The van der Waals surface area contributed by atoms with E-state index in [0.29, 0.717) is 11.8 Å². The second kappa shape index (κ2) is 4.32. The highest BCUT2D eigenvalue weighted by molar-refractivity contribution is 7.99. The van der Waals surface area contributed by atoms with Gasteiger partial charge < -0.3 is 4.57 Å². The number of pyridine rings is 1. The minimum atomic E-state index is -1.70. The average Bonchev–Trinajstić information content (AvgIpc) is 2.68. The summed E-state index contributed by atoms with van der Waals surface area (Å²) in [5.74, 6) is -6.52. The molecule has 90 valence electrons. The molecule has 2 heterocycles. The van der Waals surface area contributed by atoms with E-state index in [0.717, 1.165) is 0 Å². The highest BCUT2D eigenvalue weighted by Crippen LogP contribution is 2.31. The van der Waals surface area contributed by atoms with Crippen molar-refractivity contribution in [3.05, 3.63) is 29.9 Å². The van der Waals surface area contributed by atoms with Gasteiger partial charge >= 0.3 is 0 Å². The van der Waals surface area contributed by atoms with Crippen LogP contribution in [0.15, 0.2) is 16.4 Å². The van der Waals surface area contributed by atoms with Crippen molar-refractivity contribution in [2.24, 2.45) is 7.05 Å². The molecule has 0 aliphatic heterocycles. The van der Waals surface area contributed by atoms with Gasteiger partial charge in [0.2, 0.25) is 0 Å². The van der Waals surface area contributed by atoms with Crippen LogP contribution in [0.4, 0.5) is 17.6 Å². The fraction of sp³-hybridized carbons (Fsp3) is 0.125. The standard InChI is InChI=1S/C8H4F4N4S/c1-16-2-13-15-8(16)17-5-3(9)6(11)14-7(12)4(5)10/h2H,1H3. The zero-order valence-corrected chi connectivity index (χ0v) is 9.10. The Hall–Kier alpha value is -1.64. The molecule has 2 aromatic heterocycles. The van der Waals surface area contributed by atoms with Gasteiger partial charge in [-0.15, -0.1) is 10.2 Å². The molecule has 2 aromatic rings. The molecule has 0 bridgehead atoms. The highest BCUT2D eigenvalue weighted by Gasteiger charge is 2.22. The SMILES string of the molecule is Cn1cnnc1Sc1c(F)c(F)nc(F)c1F. The first-order chi connectivity index (χ1) is 8.00. The van der Waals surface area contributed by atoms with Gasteiger partial charge in [0.05, 0.1) is 4.90 Å². The molecule has 0 unspecified atom stereocenters. The summed E-state index contributed by atoms with van der Waals surface area (Å²) < 4.78 is 53.4. The third-order valence-electron chi connectivity index (χ3n) is 1.82. The van der Waals surface area contributed by atoms with Gasteiger partial charge in [0.1, 0.15) is 6.33 Å². The Kier molecular flexibility index (Phi) is 3.01. The summed E-state index contributed by atoms with van der Waals surface area (Å²) in [6.07, 6.45) is 1.28. The van der Waals surface area contributed by atoms with Gasteiger partial charge in [0.25, 0.3) is 11.9 Å². The summed E-state index contributed by atoms with van der Waals surface area (Å²) in [5.41, 5.74) is 0. The Bertz CT molecular complexity index is 545. The van der Waals surface area contributed by atoms with Crippen molar-refractivity contribution in [2.45, 2.75) is 10.1 Å². The van der Waals surface area contributed by atoms with Crippen molar-refractivity contribution in [2.75, 3.05) is 0 Å². The molecule has 0 saturated carbocycles. The zero-order chi connectivity index (χ0) is 12.6. The van der Waals surface area contributed by atoms with E-state index in [1.807, 2.05) is 0 Å². The van der Waals surface area contributed by atoms with Gasteiger partial charge in [-0.1, -0.05) is 0 Å². The van der Waals surface area contributed by atoms with Crippen LogP contribution in [-0.2, 0) is 7.05 Å². The monoisotopic (exact) mass is 264 g/mol. The lowest BCUT2D eigenvalue weighted by Gasteiger charge is -2.04. The Morgan fingerprint density at radius 1 is 1.12 bits per heavy atom. The molecule has 0 aliphatic rings. The molecule has 2 rings (SSSR count). The molecule has 0 fully saturated rings. The second-order valence-corrected chi connectivity index (χ2v) is 3.95. The quantitative estimate of drug-likeness (QED) is 0.614. The lowest BCUT2D eigenvalue weighted by atomic mass is 10.4. The predicted octanol–water partition coefficient (Wildman–Crippen LogP) is 1.92. The molecule has 0 amide bonds. The van der Waals surface area contributed by atoms with E-state index in [-0.39, 0.29) is 5.16 Å². The van der Waals surface area contributed by atoms with E-state index in [2.05, 4.69) is 15.2 Å². The molecule has 9 heteroatoms. The fourth-order valence-electron chi connectivity index (χ4n) is 1.01. The Balaban J connectivity index is 2.49. The second-order valence-electron chi connectivity index (χ2n) is 2.98. The molecule has 0 saturated heterocycles.